The zero-order valence-corrected chi connectivity index (χ0v) is 8.43. The number of halogens is 1. The van der Waals surface area contributed by atoms with Gasteiger partial charge in [-0.2, -0.15) is 0 Å². The molecule has 2 aromatic rings. The maximum Gasteiger partial charge on any atom is 0.207 e. The van der Waals surface area contributed by atoms with Crippen molar-refractivity contribution in [3.8, 4) is 10.7 Å². The van der Waals surface area contributed by atoms with Gasteiger partial charge < -0.3 is 0 Å². The maximum absolute atomic E-state index is 5.66. The number of hydrogen-bond acceptors (Lipinski definition) is 4. The van der Waals surface area contributed by atoms with Gasteiger partial charge in [0.05, 0.1) is 0 Å². The van der Waals surface area contributed by atoms with Crippen molar-refractivity contribution in [1.29, 1.82) is 0 Å². The molecule has 5 heteroatoms. The SMILES string of the molecule is Cc1ccc(-c2nnc(Cl)s2)nc1. The number of pyridine rings is 1. The van der Waals surface area contributed by atoms with Crippen molar-refractivity contribution in [3.05, 3.63) is 28.4 Å². The minimum atomic E-state index is 0.442. The van der Waals surface area contributed by atoms with Gasteiger partial charge in [0, 0.05) is 6.20 Å². The van der Waals surface area contributed by atoms with Gasteiger partial charge in [-0.1, -0.05) is 17.4 Å². The molecule has 0 radical (unpaired) electrons. The third kappa shape index (κ3) is 1.84. The molecular weight excluding hydrogens is 206 g/mol. The summed E-state index contributed by atoms with van der Waals surface area (Å²) in [5.74, 6) is 0. The Bertz CT molecular complexity index is 410. The van der Waals surface area contributed by atoms with Crippen LogP contribution in [0.5, 0.6) is 0 Å². The van der Waals surface area contributed by atoms with Crippen LogP contribution < -0.4 is 0 Å². The van der Waals surface area contributed by atoms with Gasteiger partial charge in [-0.05, 0) is 30.2 Å². The Balaban J connectivity index is 2.41. The van der Waals surface area contributed by atoms with Crippen LogP contribution in [0.25, 0.3) is 10.7 Å². The summed E-state index contributed by atoms with van der Waals surface area (Å²) in [6.45, 7) is 1.99. The monoisotopic (exact) mass is 211 g/mol. The van der Waals surface area contributed by atoms with Crippen LogP contribution in [0.1, 0.15) is 5.56 Å². The normalized spacial score (nSPS) is 10.3. The van der Waals surface area contributed by atoms with Crippen molar-refractivity contribution in [2.75, 3.05) is 0 Å². The standard InChI is InChI=1S/C8H6ClN3S/c1-5-2-3-6(10-4-5)7-11-12-8(9)13-7/h2-4H,1H3. The van der Waals surface area contributed by atoms with Crippen molar-refractivity contribution in [2.45, 2.75) is 6.92 Å². The van der Waals surface area contributed by atoms with Gasteiger partial charge >= 0.3 is 0 Å². The zero-order valence-electron chi connectivity index (χ0n) is 6.86. The Morgan fingerprint density at radius 3 is 2.69 bits per heavy atom. The highest BCUT2D eigenvalue weighted by atomic mass is 35.5. The largest absolute Gasteiger partial charge is 0.253 e. The van der Waals surface area contributed by atoms with Crippen LogP contribution in [0.15, 0.2) is 18.3 Å². The van der Waals surface area contributed by atoms with Crippen molar-refractivity contribution in [2.24, 2.45) is 0 Å². The summed E-state index contributed by atoms with van der Waals surface area (Å²) >= 11 is 6.99. The topological polar surface area (TPSA) is 38.7 Å². The van der Waals surface area contributed by atoms with Crippen LogP contribution in [0.4, 0.5) is 0 Å². The van der Waals surface area contributed by atoms with E-state index in [0.29, 0.717) is 4.47 Å². The summed E-state index contributed by atoms with van der Waals surface area (Å²) in [5.41, 5.74) is 1.94. The molecule has 2 heterocycles. The molecule has 0 saturated heterocycles. The lowest BCUT2D eigenvalue weighted by molar-refractivity contribution is 1.08. The third-order valence-electron chi connectivity index (χ3n) is 1.53. The van der Waals surface area contributed by atoms with Gasteiger partial charge in [0.1, 0.15) is 5.69 Å². The van der Waals surface area contributed by atoms with E-state index in [1.807, 2.05) is 19.1 Å². The lowest BCUT2D eigenvalue weighted by atomic mass is 10.3. The lowest BCUT2D eigenvalue weighted by Crippen LogP contribution is -1.82. The van der Waals surface area contributed by atoms with E-state index in [-0.39, 0.29) is 0 Å². The van der Waals surface area contributed by atoms with Gasteiger partial charge in [-0.15, -0.1) is 10.2 Å². The molecule has 0 aliphatic carbocycles. The Morgan fingerprint density at radius 1 is 1.31 bits per heavy atom. The van der Waals surface area contributed by atoms with Crippen LogP contribution in [0.2, 0.25) is 4.47 Å². The summed E-state index contributed by atoms with van der Waals surface area (Å²) in [4.78, 5) is 4.21. The average Bonchev–Trinajstić information content (AvgIpc) is 2.53. The Morgan fingerprint density at radius 2 is 2.15 bits per heavy atom. The molecule has 0 unspecified atom stereocenters. The molecule has 0 saturated carbocycles. The Hall–Kier alpha value is -1.00. The summed E-state index contributed by atoms with van der Waals surface area (Å²) in [6, 6.07) is 3.89. The molecule has 0 N–H and O–H groups in total. The van der Waals surface area contributed by atoms with E-state index in [2.05, 4.69) is 15.2 Å². The minimum absolute atomic E-state index is 0.442. The Labute approximate surface area is 84.4 Å². The molecule has 3 nitrogen and oxygen atoms in total. The summed E-state index contributed by atoms with van der Waals surface area (Å²) < 4.78 is 0.442. The molecule has 13 heavy (non-hydrogen) atoms. The fourth-order valence-corrected chi connectivity index (χ4v) is 1.71. The molecule has 0 spiro atoms. The lowest BCUT2D eigenvalue weighted by Gasteiger charge is -1.93. The van der Waals surface area contributed by atoms with Crippen LogP contribution in [-0.4, -0.2) is 15.2 Å². The zero-order chi connectivity index (χ0) is 9.26. The molecule has 0 bridgehead atoms. The van der Waals surface area contributed by atoms with Gasteiger partial charge in [0.25, 0.3) is 0 Å². The van der Waals surface area contributed by atoms with Crippen molar-refractivity contribution in [1.82, 2.24) is 15.2 Å². The molecule has 66 valence electrons. The highest BCUT2D eigenvalue weighted by Crippen LogP contribution is 2.23. The number of aryl methyl sites for hydroxylation is 1. The third-order valence-corrected chi connectivity index (χ3v) is 2.57. The number of aromatic nitrogens is 3. The van der Waals surface area contributed by atoms with E-state index in [0.717, 1.165) is 16.3 Å². The van der Waals surface area contributed by atoms with Crippen LogP contribution in [0, 0.1) is 6.92 Å². The van der Waals surface area contributed by atoms with E-state index in [4.69, 9.17) is 11.6 Å². The highest BCUT2D eigenvalue weighted by Gasteiger charge is 2.04. The maximum atomic E-state index is 5.66. The first-order chi connectivity index (χ1) is 6.25. The summed E-state index contributed by atoms with van der Waals surface area (Å²) in [5, 5.41) is 8.35. The predicted octanol–water partition coefficient (Wildman–Crippen LogP) is 2.56. The van der Waals surface area contributed by atoms with E-state index >= 15 is 0 Å². The van der Waals surface area contributed by atoms with Crippen LogP contribution in [-0.2, 0) is 0 Å². The van der Waals surface area contributed by atoms with E-state index in [9.17, 15) is 0 Å². The number of hydrogen-bond donors (Lipinski definition) is 0. The van der Waals surface area contributed by atoms with Gasteiger partial charge in [-0.3, -0.25) is 4.98 Å². The first kappa shape index (κ1) is 8.59. The van der Waals surface area contributed by atoms with E-state index in [1.54, 1.807) is 6.20 Å². The molecule has 0 amide bonds. The molecule has 0 aliphatic rings. The molecule has 2 rings (SSSR count). The first-order valence-corrected chi connectivity index (χ1v) is 4.87. The van der Waals surface area contributed by atoms with Crippen LogP contribution in [0.3, 0.4) is 0 Å². The second-order valence-electron chi connectivity index (χ2n) is 2.58. The van der Waals surface area contributed by atoms with Crippen molar-refractivity contribution >= 4 is 22.9 Å². The Kier molecular flexibility index (Phi) is 2.24. The number of nitrogens with zero attached hydrogens (tertiary/aromatic N) is 3. The van der Waals surface area contributed by atoms with E-state index in [1.165, 1.54) is 11.3 Å². The smallest absolute Gasteiger partial charge is 0.207 e. The van der Waals surface area contributed by atoms with Crippen LogP contribution >= 0.6 is 22.9 Å². The molecular formula is C8H6ClN3S. The molecule has 2 aromatic heterocycles. The minimum Gasteiger partial charge on any atom is -0.253 e. The summed E-state index contributed by atoms with van der Waals surface area (Å²) in [7, 11) is 0. The quantitative estimate of drug-likeness (QED) is 0.728. The molecule has 0 atom stereocenters. The van der Waals surface area contributed by atoms with Crippen molar-refractivity contribution in [3.63, 3.8) is 0 Å². The number of rotatable bonds is 1. The molecule has 0 aromatic carbocycles. The fourth-order valence-electron chi connectivity index (χ4n) is 0.903. The molecule has 0 fully saturated rings. The first-order valence-electron chi connectivity index (χ1n) is 3.68. The van der Waals surface area contributed by atoms with E-state index < -0.39 is 0 Å². The van der Waals surface area contributed by atoms with Crippen molar-refractivity contribution < 1.29 is 0 Å². The predicted molar refractivity (Wildman–Crippen MR) is 52.9 cm³/mol. The highest BCUT2D eigenvalue weighted by molar-refractivity contribution is 7.18. The van der Waals surface area contributed by atoms with Gasteiger partial charge in [-0.25, -0.2) is 0 Å². The molecule has 0 aliphatic heterocycles. The van der Waals surface area contributed by atoms with Gasteiger partial charge in [0.15, 0.2) is 5.01 Å². The summed E-state index contributed by atoms with van der Waals surface area (Å²) in [6.07, 6.45) is 1.80. The second-order valence-corrected chi connectivity index (χ2v) is 4.14. The average molecular weight is 212 g/mol. The fraction of sp³-hybridized carbons (Fsp3) is 0.125. The second kappa shape index (κ2) is 3.40. The van der Waals surface area contributed by atoms with Gasteiger partial charge in [0.2, 0.25) is 4.47 Å².